The highest BCUT2D eigenvalue weighted by atomic mass is 35.5. The summed E-state index contributed by atoms with van der Waals surface area (Å²) in [6.07, 6.45) is 8.23. The monoisotopic (exact) mass is 729 g/mol. The maximum absolute atomic E-state index is 14.4. The van der Waals surface area contributed by atoms with Gasteiger partial charge in [0.15, 0.2) is 4.90 Å². The van der Waals surface area contributed by atoms with E-state index in [0.29, 0.717) is 41.8 Å². The molecule has 0 aromatic heterocycles. The second-order valence-electron chi connectivity index (χ2n) is 12.7. The second kappa shape index (κ2) is 15.8. The Morgan fingerprint density at radius 2 is 1.83 bits per heavy atom. The van der Waals surface area contributed by atoms with Crippen molar-refractivity contribution < 1.29 is 22.5 Å². The number of hydrogen-bond acceptors (Lipinski definition) is 7. The number of nitriles is 1. The first kappa shape index (κ1) is 36.5. The molecule has 1 aliphatic carbocycles. The number of hydrogen-bond donors (Lipinski definition) is 0. The van der Waals surface area contributed by atoms with Crippen LogP contribution in [0.2, 0.25) is 10.0 Å². The molecule has 1 amide bonds. The highest BCUT2D eigenvalue weighted by Crippen LogP contribution is 2.38. The van der Waals surface area contributed by atoms with Crippen LogP contribution in [0.1, 0.15) is 82.1 Å². The van der Waals surface area contributed by atoms with E-state index >= 15 is 0 Å². The molecule has 0 bridgehead atoms. The summed E-state index contributed by atoms with van der Waals surface area (Å²) in [7, 11) is -2.65. The van der Waals surface area contributed by atoms with Gasteiger partial charge in [0.25, 0.3) is 5.91 Å². The number of carbonyl (C=O) groups excluding carboxylic acids is 1. The summed E-state index contributed by atoms with van der Waals surface area (Å²) in [5.74, 6) is -0.655. The smallest absolute Gasteiger partial charge is 0.271 e. The summed E-state index contributed by atoms with van der Waals surface area (Å²) in [5, 5.41) is 10.6. The fourth-order valence-electron chi connectivity index (χ4n) is 7.12. The lowest BCUT2D eigenvalue weighted by Crippen LogP contribution is -2.41. The molecule has 1 heterocycles. The summed E-state index contributed by atoms with van der Waals surface area (Å²) >= 11 is 11.6. The predicted octanol–water partition coefficient (Wildman–Crippen LogP) is 6.95. The number of aryl methyl sites for hydroxylation is 1. The number of amides is 1. The third-order valence-corrected chi connectivity index (χ3v) is 12.5. The molecule has 3 aromatic carbocycles. The van der Waals surface area contributed by atoms with E-state index in [9.17, 15) is 23.0 Å². The van der Waals surface area contributed by atoms with Gasteiger partial charge in [-0.15, -0.1) is 0 Å². The zero-order chi connectivity index (χ0) is 34.6. The first-order valence-electron chi connectivity index (χ1n) is 16.2. The number of rotatable bonds is 11. The van der Waals surface area contributed by atoms with Crippen molar-refractivity contribution in [3.05, 3.63) is 92.0 Å². The lowest BCUT2D eigenvalue weighted by molar-refractivity contribution is 0.0848. The first-order chi connectivity index (χ1) is 22.9. The zero-order valence-electron chi connectivity index (χ0n) is 27.5. The van der Waals surface area contributed by atoms with E-state index in [0.717, 1.165) is 76.5 Å². The predicted molar refractivity (Wildman–Crippen MR) is 191 cm³/mol. The molecule has 0 radical (unpaired) electrons. The van der Waals surface area contributed by atoms with E-state index < -0.39 is 27.1 Å². The number of nitrogens with zero attached hydrogens (tertiary/aromatic N) is 3. The summed E-state index contributed by atoms with van der Waals surface area (Å²) in [4.78, 5) is 17.7. The highest BCUT2D eigenvalue weighted by molar-refractivity contribution is 7.90. The molecule has 2 aliphatic rings. The molecule has 48 heavy (non-hydrogen) atoms. The molecule has 1 saturated heterocycles. The summed E-state index contributed by atoms with van der Waals surface area (Å²) in [6.45, 7) is 2.23. The van der Waals surface area contributed by atoms with Crippen molar-refractivity contribution in [2.75, 3.05) is 45.8 Å². The van der Waals surface area contributed by atoms with Crippen molar-refractivity contribution in [1.29, 1.82) is 5.26 Å². The number of ether oxygens (including phenoxy) is 1. The van der Waals surface area contributed by atoms with Crippen LogP contribution in [-0.2, 0) is 34.0 Å². The number of halogens is 2. The Hall–Kier alpha value is -2.78. The average Bonchev–Trinajstić information content (AvgIpc) is 3.08. The molecular weight excluding hydrogens is 689 g/mol. The fourth-order valence-corrected chi connectivity index (χ4v) is 9.10. The normalized spacial score (nSPS) is 16.9. The van der Waals surface area contributed by atoms with E-state index in [-0.39, 0.29) is 29.3 Å². The summed E-state index contributed by atoms with van der Waals surface area (Å²) in [6, 6.07) is 17.1. The second-order valence-corrected chi connectivity index (χ2v) is 16.7. The molecule has 5 rings (SSSR count). The molecule has 0 N–H and O–H groups in total. The van der Waals surface area contributed by atoms with E-state index in [2.05, 4.69) is 17.0 Å². The van der Waals surface area contributed by atoms with E-state index in [1.54, 1.807) is 24.5 Å². The number of sulfonamides is 1. The van der Waals surface area contributed by atoms with Crippen LogP contribution in [-0.4, -0.2) is 73.9 Å². The fraction of sp³-hybridized carbons (Fsp3) is 0.444. The van der Waals surface area contributed by atoms with Gasteiger partial charge in [-0.2, -0.15) is 5.26 Å². The van der Waals surface area contributed by atoms with Gasteiger partial charge in [0, 0.05) is 18.0 Å². The van der Waals surface area contributed by atoms with Crippen molar-refractivity contribution in [3.8, 4) is 11.8 Å². The van der Waals surface area contributed by atoms with Crippen molar-refractivity contribution in [2.45, 2.75) is 61.7 Å². The maximum Gasteiger partial charge on any atom is 0.271 e. The summed E-state index contributed by atoms with van der Waals surface area (Å²) < 4.78 is 45.7. The number of likely N-dealkylation sites (tertiary alicyclic amines) is 1. The third kappa shape index (κ3) is 8.15. The molecule has 3 aromatic rings. The minimum Gasteiger partial charge on any atom is -0.612 e. The quantitative estimate of drug-likeness (QED) is 0.196. The van der Waals surface area contributed by atoms with E-state index in [1.165, 1.54) is 7.11 Å². The molecular formula is C36H41Cl2N3O5S2. The van der Waals surface area contributed by atoms with Gasteiger partial charge in [0.2, 0.25) is 10.0 Å². The molecule has 0 saturated carbocycles. The van der Waals surface area contributed by atoms with Crippen molar-refractivity contribution in [2.24, 2.45) is 0 Å². The van der Waals surface area contributed by atoms with Crippen LogP contribution in [0.4, 0.5) is 0 Å². The van der Waals surface area contributed by atoms with Crippen molar-refractivity contribution >= 4 is 50.3 Å². The standard InChI is InChI=1S/C36H41Cl2N3O5S2/c1-46-35-28(22-39)20-26-8-4-5-10-30(26)34(35)36(42)41(48(3,44)45)23-27(25-12-13-31(37)32(38)21-25)16-19-40-17-14-24(15-18-40)29-9-6-7-11-33(29)47(2)43/h6-7,9,11-13,20-21,24,27H,4-5,8,10,14-19,23H2,1-3H3. The Labute approximate surface area is 297 Å². The van der Waals surface area contributed by atoms with Crippen LogP contribution in [0.25, 0.3) is 0 Å². The zero-order valence-corrected chi connectivity index (χ0v) is 30.7. The lowest BCUT2D eigenvalue weighted by atomic mass is 9.85. The van der Waals surface area contributed by atoms with Gasteiger partial charge >= 0.3 is 0 Å². The Balaban J connectivity index is 1.42. The van der Waals surface area contributed by atoms with E-state index in [4.69, 9.17) is 27.9 Å². The minimum absolute atomic E-state index is 0.110. The Morgan fingerprint density at radius 1 is 1.12 bits per heavy atom. The molecule has 8 nitrogen and oxygen atoms in total. The molecule has 0 spiro atoms. The number of piperidine rings is 1. The number of methoxy groups -OCH3 is 1. The summed E-state index contributed by atoms with van der Waals surface area (Å²) in [5.41, 5.74) is 3.92. The van der Waals surface area contributed by atoms with Gasteiger partial charge in [0.1, 0.15) is 18.1 Å². The van der Waals surface area contributed by atoms with Crippen LogP contribution in [0.5, 0.6) is 5.75 Å². The topological polar surface area (TPSA) is 114 Å². The Morgan fingerprint density at radius 3 is 2.48 bits per heavy atom. The van der Waals surface area contributed by atoms with Gasteiger partial charge in [-0.1, -0.05) is 47.5 Å². The molecule has 2 atom stereocenters. The van der Waals surface area contributed by atoms with Gasteiger partial charge in [-0.25, -0.2) is 12.7 Å². The molecule has 1 aliphatic heterocycles. The van der Waals surface area contributed by atoms with Gasteiger partial charge in [-0.3, -0.25) is 4.79 Å². The number of benzene rings is 3. The van der Waals surface area contributed by atoms with Crippen LogP contribution < -0.4 is 4.74 Å². The van der Waals surface area contributed by atoms with Gasteiger partial charge in [0.05, 0.1) is 34.5 Å². The average molecular weight is 731 g/mol. The van der Waals surface area contributed by atoms with Crippen molar-refractivity contribution in [1.82, 2.24) is 9.21 Å². The molecule has 12 heteroatoms. The first-order valence-corrected chi connectivity index (χ1v) is 20.3. The molecule has 256 valence electrons. The number of carbonyl (C=O) groups is 1. The minimum atomic E-state index is -4.05. The molecule has 1 fully saturated rings. The molecule has 2 unspecified atom stereocenters. The van der Waals surface area contributed by atoms with Crippen molar-refractivity contribution in [3.63, 3.8) is 0 Å². The van der Waals surface area contributed by atoms with E-state index in [1.807, 2.05) is 24.3 Å². The van der Waals surface area contributed by atoms with Crippen LogP contribution in [0.15, 0.2) is 53.4 Å². The Kier molecular flexibility index (Phi) is 12.0. The Bertz CT molecular complexity index is 1800. The lowest BCUT2D eigenvalue weighted by Gasteiger charge is -2.34. The highest BCUT2D eigenvalue weighted by Gasteiger charge is 2.35. The largest absolute Gasteiger partial charge is 0.612 e. The number of fused-ring (bicyclic) bond motifs is 1. The SMILES string of the molecule is COc1c(C#N)cc2c(c1C(=O)N(CC(CCN1CCC(c3ccccc3[S+](C)[O-])CC1)c1ccc(Cl)c(Cl)c1)S(C)(=O)=O)CCCC2. The maximum atomic E-state index is 14.4. The van der Waals surface area contributed by atoms with Gasteiger partial charge in [-0.05, 0) is 123 Å². The van der Waals surface area contributed by atoms with Gasteiger partial charge < -0.3 is 14.2 Å². The third-order valence-electron chi connectivity index (χ3n) is 9.62. The van der Waals surface area contributed by atoms with Crippen LogP contribution >= 0.6 is 23.2 Å². The van der Waals surface area contributed by atoms with Crippen LogP contribution in [0, 0.1) is 11.3 Å². The van der Waals surface area contributed by atoms with Crippen LogP contribution in [0.3, 0.4) is 0 Å².